The monoisotopic (exact) mass is 346 g/mol. The lowest BCUT2D eigenvalue weighted by Gasteiger charge is -2.40. The summed E-state index contributed by atoms with van der Waals surface area (Å²) in [5.41, 5.74) is 0.687. The molecule has 136 valence electrons. The van der Waals surface area contributed by atoms with Crippen molar-refractivity contribution in [3.05, 3.63) is 18.2 Å². The molecule has 0 N–H and O–H groups in total. The Hall–Kier alpha value is -2.24. The molecule has 0 bridgehead atoms. The minimum absolute atomic E-state index is 0.0795. The summed E-state index contributed by atoms with van der Waals surface area (Å²) in [7, 11) is 3.17. The minimum atomic E-state index is -0.460. The molecule has 1 atom stereocenters. The summed E-state index contributed by atoms with van der Waals surface area (Å²) >= 11 is 0. The van der Waals surface area contributed by atoms with E-state index >= 15 is 0 Å². The van der Waals surface area contributed by atoms with Gasteiger partial charge in [0.15, 0.2) is 0 Å². The highest BCUT2D eigenvalue weighted by Crippen LogP contribution is 2.35. The molecule has 1 aliphatic carbocycles. The van der Waals surface area contributed by atoms with Crippen molar-refractivity contribution in [3.8, 4) is 11.5 Å². The van der Waals surface area contributed by atoms with Gasteiger partial charge in [0, 0.05) is 25.1 Å². The van der Waals surface area contributed by atoms with Crippen molar-refractivity contribution < 1.29 is 19.1 Å². The van der Waals surface area contributed by atoms with E-state index in [1.807, 2.05) is 6.92 Å². The molecule has 1 aromatic rings. The molecule has 2 amide bonds. The summed E-state index contributed by atoms with van der Waals surface area (Å²) in [6.07, 6.45) is 4.12. The van der Waals surface area contributed by atoms with Gasteiger partial charge in [0.05, 0.1) is 19.9 Å². The van der Waals surface area contributed by atoms with Crippen LogP contribution in [0, 0.1) is 5.92 Å². The van der Waals surface area contributed by atoms with Crippen LogP contribution in [0.1, 0.15) is 32.6 Å². The van der Waals surface area contributed by atoms with Gasteiger partial charge in [0.25, 0.3) is 0 Å². The number of rotatable bonds is 4. The third kappa shape index (κ3) is 3.30. The average molecular weight is 346 g/mol. The second-order valence-corrected chi connectivity index (χ2v) is 6.72. The number of amides is 2. The van der Waals surface area contributed by atoms with Crippen LogP contribution < -0.4 is 14.4 Å². The lowest BCUT2D eigenvalue weighted by molar-refractivity contribution is -0.143. The number of hydrogen-bond donors (Lipinski definition) is 0. The maximum absolute atomic E-state index is 13.0. The first-order chi connectivity index (χ1) is 12.1. The fraction of sp³-hybridized carbons (Fsp3) is 0.579. The van der Waals surface area contributed by atoms with Crippen LogP contribution in [-0.4, -0.2) is 50.1 Å². The predicted molar refractivity (Wildman–Crippen MR) is 95.0 cm³/mol. The van der Waals surface area contributed by atoms with E-state index in [1.54, 1.807) is 42.2 Å². The third-order valence-electron chi connectivity index (χ3n) is 5.32. The van der Waals surface area contributed by atoms with E-state index in [-0.39, 0.29) is 17.7 Å². The molecule has 0 aromatic heterocycles. The normalized spacial score (nSPS) is 21.6. The lowest BCUT2D eigenvalue weighted by atomic mass is 10.0. The SMILES string of the molecule is COc1ccc(OC)c(N2CCN(C(=O)C3CCCC3)C(C)C2=O)c1. The fourth-order valence-corrected chi connectivity index (χ4v) is 3.83. The van der Waals surface area contributed by atoms with E-state index in [0.717, 1.165) is 25.7 Å². The zero-order valence-electron chi connectivity index (χ0n) is 15.2. The van der Waals surface area contributed by atoms with Crippen LogP contribution in [0.25, 0.3) is 0 Å². The summed E-state index contributed by atoms with van der Waals surface area (Å²) in [6.45, 7) is 2.82. The highest BCUT2D eigenvalue weighted by Gasteiger charge is 2.38. The predicted octanol–water partition coefficient (Wildman–Crippen LogP) is 2.46. The Balaban J connectivity index is 1.81. The van der Waals surface area contributed by atoms with Gasteiger partial charge in [-0.15, -0.1) is 0 Å². The van der Waals surface area contributed by atoms with Gasteiger partial charge in [0.1, 0.15) is 17.5 Å². The number of carbonyl (C=O) groups excluding carboxylic acids is 2. The molecule has 1 aromatic carbocycles. The van der Waals surface area contributed by atoms with Crippen molar-refractivity contribution in [1.82, 2.24) is 4.90 Å². The summed E-state index contributed by atoms with van der Waals surface area (Å²) < 4.78 is 10.7. The van der Waals surface area contributed by atoms with Crippen LogP contribution in [0.3, 0.4) is 0 Å². The minimum Gasteiger partial charge on any atom is -0.497 e. The molecule has 2 aliphatic rings. The number of carbonyl (C=O) groups is 2. The topological polar surface area (TPSA) is 59.1 Å². The van der Waals surface area contributed by atoms with Crippen molar-refractivity contribution in [2.75, 3.05) is 32.2 Å². The molecule has 2 fully saturated rings. The Morgan fingerprint density at radius 2 is 1.84 bits per heavy atom. The third-order valence-corrected chi connectivity index (χ3v) is 5.32. The molecule has 0 spiro atoms. The number of piperazine rings is 1. The molecule has 25 heavy (non-hydrogen) atoms. The summed E-state index contributed by atoms with van der Waals surface area (Å²) in [4.78, 5) is 29.1. The van der Waals surface area contributed by atoms with Crippen LogP contribution in [-0.2, 0) is 9.59 Å². The number of benzene rings is 1. The second-order valence-electron chi connectivity index (χ2n) is 6.72. The van der Waals surface area contributed by atoms with E-state index in [0.29, 0.717) is 30.3 Å². The molecular weight excluding hydrogens is 320 g/mol. The summed E-state index contributed by atoms with van der Waals surface area (Å²) in [6, 6.07) is 4.94. The van der Waals surface area contributed by atoms with Crippen molar-refractivity contribution in [3.63, 3.8) is 0 Å². The highest BCUT2D eigenvalue weighted by atomic mass is 16.5. The van der Waals surface area contributed by atoms with Crippen LogP contribution in [0.2, 0.25) is 0 Å². The van der Waals surface area contributed by atoms with Crippen LogP contribution >= 0.6 is 0 Å². The van der Waals surface area contributed by atoms with Crippen molar-refractivity contribution in [2.45, 2.75) is 38.6 Å². The Kier molecular flexibility index (Phi) is 5.16. The number of nitrogens with zero attached hydrogens (tertiary/aromatic N) is 2. The van der Waals surface area contributed by atoms with Crippen molar-refractivity contribution in [1.29, 1.82) is 0 Å². The van der Waals surface area contributed by atoms with E-state index in [1.165, 1.54) is 0 Å². The number of hydrogen-bond acceptors (Lipinski definition) is 4. The zero-order valence-corrected chi connectivity index (χ0v) is 15.2. The Morgan fingerprint density at radius 1 is 1.12 bits per heavy atom. The zero-order chi connectivity index (χ0) is 18.0. The van der Waals surface area contributed by atoms with E-state index in [4.69, 9.17) is 9.47 Å². The number of ether oxygens (including phenoxy) is 2. The molecule has 1 saturated carbocycles. The molecule has 1 heterocycles. The Morgan fingerprint density at radius 3 is 2.48 bits per heavy atom. The Bertz CT molecular complexity index is 655. The first-order valence-electron chi connectivity index (χ1n) is 8.90. The van der Waals surface area contributed by atoms with E-state index in [9.17, 15) is 9.59 Å². The molecule has 6 nitrogen and oxygen atoms in total. The Labute approximate surface area is 148 Å². The maximum atomic E-state index is 13.0. The van der Waals surface area contributed by atoms with Gasteiger partial charge in [-0.05, 0) is 31.9 Å². The van der Waals surface area contributed by atoms with Gasteiger partial charge in [-0.1, -0.05) is 12.8 Å². The fourth-order valence-electron chi connectivity index (χ4n) is 3.83. The summed E-state index contributed by atoms with van der Waals surface area (Å²) in [5, 5.41) is 0. The van der Waals surface area contributed by atoms with Gasteiger partial charge in [-0.25, -0.2) is 0 Å². The number of methoxy groups -OCH3 is 2. The average Bonchev–Trinajstić information content (AvgIpc) is 3.17. The van der Waals surface area contributed by atoms with Crippen LogP contribution in [0.15, 0.2) is 18.2 Å². The molecule has 1 unspecified atom stereocenters. The second kappa shape index (κ2) is 7.33. The lowest BCUT2D eigenvalue weighted by Crippen LogP contribution is -2.58. The van der Waals surface area contributed by atoms with Gasteiger partial charge >= 0.3 is 0 Å². The quantitative estimate of drug-likeness (QED) is 0.840. The van der Waals surface area contributed by atoms with Gasteiger partial charge in [-0.2, -0.15) is 0 Å². The first kappa shape index (κ1) is 17.6. The van der Waals surface area contributed by atoms with Crippen molar-refractivity contribution >= 4 is 17.5 Å². The molecule has 3 rings (SSSR count). The van der Waals surface area contributed by atoms with Gasteiger partial charge < -0.3 is 19.3 Å². The molecule has 6 heteroatoms. The molecular formula is C19H26N2O4. The molecule has 0 radical (unpaired) electrons. The summed E-state index contributed by atoms with van der Waals surface area (Å²) in [5.74, 6) is 1.44. The maximum Gasteiger partial charge on any atom is 0.249 e. The largest absolute Gasteiger partial charge is 0.497 e. The van der Waals surface area contributed by atoms with E-state index in [2.05, 4.69) is 0 Å². The molecule has 1 saturated heterocycles. The van der Waals surface area contributed by atoms with Crippen molar-refractivity contribution in [2.24, 2.45) is 5.92 Å². The number of anilines is 1. The van der Waals surface area contributed by atoms with Gasteiger partial charge in [-0.3, -0.25) is 9.59 Å². The highest BCUT2D eigenvalue weighted by molar-refractivity contribution is 6.01. The van der Waals surface area contributed by atoms with Crippen LogP contribution in [0.5, 0.6) is 11.5 Å². The van der Waals surface area contributed by atoms with E-state index < -0.39 is 6.04 Å². The van der Waals surface area contributed by atoms with Gasteiger partial charge in [0.2, 0.25) is 11.8 Å². The molecule has 1 aliphatic heterocycles. The first-order valence-corrected chi connectivity index (χ1v) is 8.90. The standard InChI is InChI=1S/C19H26N2O4/c1-13-18(22)21(16-12-15(24-2)8-9-17(16)25-3)11-10-20(13)19(23)14-6-4-5-7-14/h8-9,12-14H,4-7,10-11H2,1-3H3. The smallest absolute Gasteiger partial charge is 0.249 e. The van der Waals surface area contributed by atoms with Crippen LogP contribution in [0.4, 0.5) is 5.69 Å².